The van der Waals surface area contributed by atoms with Crippen LogP contribution in [0, 0.1) is 5.92 Å². The molecule has 11 heavy (non-hydrogen) atoms. The van der Waals surface area contributed by atoms with E-state index in [1.807, 2.05) is 7.05 Å². The van der Waals surface area contributed by atoms with Crippen molar-refractivity contribution in [1.82, 2.24) is 4.98 Å². The van der Waals surface area contributed by atoms with Gasteiger partial charge in [0.25, 0.3) is 0 Å². The molecule has 0 aromatic rings. The van der Waals surface area contributed by atoms with Gasteiger partial charge in [-0.2, -0.15) is 0 Å². The first-order valence-corrected chi connectivity index (χ1v) is 5.94. The standard InChI is InChI=1S/C8H19NOSi/c1-9-11-10-7-8-5-3-2-4-6-8/h8-9H,2-7,11H2,1H3. The van der Waals surface area contributed by atoms with Crippen molar-refractivity contribution in [1.29, 1.82) is 0 Å². The third-order valence-electron chi connectivity index (χ3n) is 2.32. The molecule has 1 aliphatic carbocycles. The lowest BCUT2D eigenvalue weighted by molar-refractivity contribution is 0.214. The van der Waals surface area contributed by atoms with Gasteiger partial charge >= 0.3 is 0 Å². The van der Waals surface area contributed by atoms with E-state index in [4.69, 9.17) is 4.43 Å². The first-order chi connectivity index (χ1) is 5.43. The second-order valence-electron chi connectivity index (χ2n) is 3.37. The maximum atomic E-state index is 5.55. The van der Waals surface area contributed by atoms with Gasteiger partial charge in [-0.3, -0.25) is 0 Å². The zero-order valence-corrected chi connectivity index (χ0v) is 8.85. The van der Waals surface area contributed by atoms with Crippen LogP contribution in [0.4, 0.5) is 0 Å². The minimum Gasteiger partial charge on any atom is -0.408 e. The predicted octanol–water partition coefficient (Wildman–Crippen LogP) is 0.801. The zero-order valence-electron chi connectivity index (χ0n) is 7.44. The second-order valence-corrected chi connectivity index (χ2v) is 4.78. The molecule has 0 saturated heterocycles. The summed E-state index contributed by atoms with van der Waals surface area (Å²) in [4.78, 5) is 3.12. The Labute approximate surface area is 71.7 Å². The Bertz CT molecular complexity index is 94.1. The molecule has 0 aromatic heterocycles. The van der Waals surface area contributed by atoms with Crippen LogP contribution in [0.2, 0.25) is 0 Å². The Kier molecular flexibility index (Phi) is 4.82. The Balaban J connectivity index is 1.96. The summed E-state index contributed by atoms with van der Waals surface area (Å²) in [5.74, 6) is 0.879. The van der Waals surface area contributed by atoms with Gasteiger partial charge in [0.05, 0.1) is 0 Å². The zero-order chi connectivity index (χ0) is 7.94. The van der Waals surface area contributed by atoms with Crippen molar-refractivity contribution in [3.63, 3.8) is 0 Å². The van der Waals surface area contributed by atoms with E-state index in [1.165, 1.54) is 32.1 Å². The molecule has 0 aliphatic heterocycles. The minimum absolute atomic E-state index is 0.373. The van der Waals surface area contributed by atoms with Gasteiger partial charge in [0.15, 0.2) is 0 Å². The highest BCUT2D eigenvalue weighted by Crippen LogP contribution is 2.23. The van der Waals surface area contributed by atoms with Gasteiger partial charge in [-0.25, -0.2) is 0 Å². The van der Waals surface area contributed by atoms with E-state index < -0.39 is 0 Å². The van der Waals surface area contributed by atoms with Crippen LogP contribution in [-0.2, 0) is 4.43 Å². The lowest BCUT2D eigenvalue weighted by Gasteiger charge is -2.21. The molecule has 1 saturated carbocycles. The fourth-order valence-electron chi connectivity index (χ4n) is 1.68. The topological polar surface area (TPSA) is 21.3 Å². The molecule has 2 nitrogen and oxygen atoms in total. The Morgan fingerprint density at radius 1 is 1.36 bits per heavy atom. The van der Waals surface area contributed by atoms with Crippen LogP contribution in [0.25, 0.3) is 0 Å². The van der Waals surface area contributed by atoms with Crippen molar-refractivity contribution in [3.8, 4) is 0 Å². The van der Waals surface area contributed by atoms with Crippen LogP contribution in [0.1, 0.15) is 32.1 Å². The maximum Gasteiger partial charge on any atom is 0.235 e. The molecule has 3 heteroatoms. The first-order valence-electron chi connectivity index (χ1n) is 4.66. The Hall–Kier alpha value is 0.137. The SMILES string of the molecule is CN[SiH2]OCC1CCCCC1. The number of nitrogens with one attached hydrogen (secondary N) is 1. The van der Waals surface area contributed by atoms with Crippen LogP contribution in [0.15, 0.2) is 0 Å². The number of rotatable bonds is 4. The fourth-order valence-corrected chi connectivity index (χ4v) is 2.34. The molecule has 0 unspecified atom stereocenters. The summed E-state index contributed by atoms with van der Waals surface area (Å²) in [6.45, 7) is 1.02. The van der Waals surface area contributed by atoms with E-state index in [0.717, 1.165) is 12.5 Å². The van der Waals surface area contributed by atoms with Gasteiger partial charge in [0.1, 0.15) is 0 Å². The third-order valence-corrected chi connectivity index (χ3v) is 3.05. The quantitative estimate of drug-likeness (QED) is 0.501. The molecule has 66 valence electrons. The van der Waals surface area contributed by atoms with E-state index in [1.54, 1.807) is 0 Å². The van der Waals surface area contributed by atoms with Crippen LogP contribution in [0.5, 0.6) is 0 Å². The lowest BCUT2D eigenvalue weighted by atomic mass is 9.90. The normalized spacial score (nSPS) is 21.5. The van der Waals surface area contributed by atoms with Gasteiger partial charge in [0, 0.05) is 6.61 Å². The third kappa shape index (κ3) is 3.89. The number of hydrogen-bond acceptors (Lipinski definition) is 2. The van der Waals surface area contributed by atoms with Crippen molar-refractivity contribution in [3.05, 3.63) is 0 Å². The van der Waals surface area contributed by atoms with Crippen molar-refractivity contribution < 1.29 is 4.43 Å². The van der Waals surface area contributed by atoms with Crippen LogP contribution < -0.4 is 4.98 Å². The summed E-state index contributed by atoms with van der Waals surface area (Å²) in [7, 11) is 1.61. The highest BCUT2D eigenvalue weighted by Gasteiger charge is 2.12. The number of hydrogen-bond donors (Lipinski definition) is 1. The molecule has 0 atom stereocenters. The lowest BCUT2D eigenvalue weighted by Crippen LogP contribution is -2.21. The summed E-state index contributed by atoms with van der Waals surface area (Å²) in [5, 5.41) is 0. The van der Waals surface area contributed by atoms with Crippen molar-refractivity contribution in [2.24, 2.45) is 5.92 Å². The van der Waals surface area contributed by atoms with Gasteiger partial charge < -0.3 is 9.41 Å². The molecule has 0 bridgehead atoms. The van der Waals surface area contributed by atoms with E-state index in [2.05, 4.69) is 4.98 Å². The molecule has 0 amide bonds. The Morgan fingerprint density at radius 3 is 2.73 bits per heavy atom. The molecule has 1 aliphatic rings. The largest absolute Gasteiger partial charge is 0.408 e. The average Bonchev–Trinajstić information content (AvgIpc) is 2.07. The molecule has 0 radical (unpaired) electrons. The van der Waals surface area contributed by atoms with Gasteiger partial charge in [0.2, 0.25) is 9.92 Å². The van der Waals surface area contributed by atoms with Crippen molar-refractivity contribution in [2.45, 2.75) is 32.1 Å². The minimum atomic E-state index is -0.373. The highest BCUT2D eigenvalue weighted by molar-refractivity contribution is 6.23. The smallest absolute Gasteiger partial charge is 0.235 e. The van der Waals surface area contributed by atoms with E-state index >= 15 is 0 Å². The van der Waals surface area contributed by atoms with Gasteiger partial charge in [-0.1, -0.05) is 19.3 Å². The molecule has 1 N–H and O–H groups in total. The monoisotopic (exact) mass is 173 g/mol. The average molecular weight is 173 g/mol. The molecule has 0 heterocycles. The summed E-state index contributed by atoms with van der Waals surface area (Å²) in [6.07, 6.45) is 7.10. The molecular weight excluding hydrogens is 154 g/mol. The van der Waals surface area contributed by atoms with Gasteiger partial charge in [-0.05, 0) is 25.8 Å². The highest BCUT2D eigenvalue weighted by atomic mass is 28.2. The summed E-state index contributed by atoms with van der Waals surface area (Å²) in [6, 6.07) is 0. The molecule has 1 fully saturated rings. The van der Waals surface area contributed by atoms with E-state index in [0.29, 0.717) is 0 Å². The fraction of sp³-hybridized carbons (Fsp3) is 1.00. The predicted molar refractivity (Wildman–Crippen MR) is 50.1 cm³/mol. The molecular formula is C8H19NOSi. The van der Waals surface area contributed by atoms with Crippen molar-refractivity contribution in [2.75, 3.05) is 13.7 Å². The Morgan fingerprint density at radius 2 is 2.09 bits per heavy atom. The van der Waals surface area contributed by atoms with Gasteiger partial charge in [-0.15, -0.1) is 0 Å². The van der Waals surface area contributed by atoms with E-state index in [-0.39, 0.29) is 9.92 Å². The second kappa shape index (κ2) is 5.74. The first kappa shape index (κ1) is 9.23. The molecule has 0 spiro atoms. The summed E-state index contributed by atoms with van der Waals surface area (Å²) < 4.78 is 5.55. The maximum absolute atomic E-state index is 5.55. The van der Waals surface area contributed by atoms with Crippen molar-refractivity contribution >= 4 is 9.92 Å². The van der Waals surface area contributed by atoms with Crippen LogP contribution in [0.3, 0.4) is 0 Å². The summed E-state index contributed by atoms with van der Waals surface area (Å²) in [5.41, 5.74) is 0. The summed E-state index contributed by atoms with van der Waals surface area (Å²) >= 11 is 0. The van der Waals surface area contributed by atoms with Crippen LogP contribution >= 0.6 is 0 Å². The van der Waals surface area contributed by atoms with E-state index in [9.17, 15) is 0 Å². The molecule has 0 aromatic carbocycles. The van der Waals surface area contributed by atoms with Crippen LogP contribution in [-0.4, -0.2) is 23.6 Å². The molecule has 1 rings (SSSR count).